The number of nitrogens with zero attached hydrogens (tertiary/aromatic N) is 3. The van der Waals surface area contributed by atoms with Gasteiger partial charge in [0.05, 0.1) is 24.4 Å². The van der Waals surface area contributed by atoms with Gasteiger partial charge in [-0.05, 0) is 43.6 Å². The minimum Gasteiger partial charge on any atom is -0.378 e. The minimum atomic E-state index is 0.0800. The number of morpholine rings is 1. The van der Waals surface area contributed by atoms with Gasteiger partial charge in [0.15, 0.2) is 5.16 Å². The quantitative estimate of drug-likeness (QED) is 0.514. The fourth-order valence-electron chi connectivity index (χ4n) is 3.94. The van der Waals surface area contributed by atoms with Crippen molar-refractivity contribution in [2.24, 2.45) is 5.92 Å². The molecule has 1 fully saturated rings. The van der Waals surface area contributed by atoms with Crippen molar-refractivity contribution in [1.29, 1.82) is 0 Å². The van der Waals surface area contributed by atoms with E-state index in [-0.39, 0.29) is 11.5 Å². The summed E-state index contributed by atoms with van der Waals surface area (Å²) >= 11 is 3.08. The van der Waals surface area contributed by atoms with Crippen LogP contribution in [0.25, 0.3) is 10.2 Å². The Kier molecular flexibility index (Phi) is 6.61. The summed E-state index contributed by atoms with van der Waals surface area (Å²) in [7, 11) is 0. The van der Waals surface area contributed by atoms with E-state index in [1.807, 2.05) is 9.47 Å². The maximum Gasteiger partial charge on any atom is 0.263 e. The molecule has 0 radical (unpaired) electrons. The van der Waals surface area contributed by atoms with Crippen LogP contribution in [-0.4, -0.2) is 52.4 Å². The van der Waals surface area contributed by atoms with Crippen molar-refractivity contribution >= 4 is 39.2 Å². The number of carbonyl (C=O) groups excluding carboxylic acids is 1. The second kappa shape index (κ2) is 9.18. The van der Waals surface area contributed by atoms with Gasteiger partial charge in [0, 0.05) is 24.5 Å². The molecule has 0 saturated carbocycles. The van der Waals surface area contributed by atoms with E-state index in [2.05, 4.69) is 13.8 Å². The molecule has 158 valence electrons. The lowest BCUT2D eigenvalue weighted by atomic mass is 9.97. The molecule has 0 bridgehead atoms. The highest BCUT2D eigenvalue weighted by atomic mass is 32.2. The van der Waals surface area contributed by atoms with E-state index in [1.54, 1.807) is 11.3 Å². The first kappa shape index (κ1) is 20.9. The summed E-state index contributed by atoms with van der Waals surface area (Å²) in [5.74, 6) is 0.903. The maximum atomic E-state index is 13.4. The molecule has 6 nitrogen and oxygen atoms in total. The van der Waals surface area contributed by atoms with Crippen molar-refractivity contribution in [3.8, 4) is 0 Å². The molecular weight excluding hydrogens is 406 g/mol. The number of ether oxygens (including phenoxy) is 1. The fourth-order valence-corrected chi connectivity index (χ4v) is 6.18. The SMILES string of the molecule is CC(C)CCn1c(SCC(=O)N2CCOCC2)nc2sc3c(c2c1=O)CCCC3. The Hall–Kier alpha value is -1.38. The molecule has 1 saturated heterocycles. The topological polar surface area (TPSA) is 64.4 Å². The molecular formula is C21H29N3O3S2. The van der Waals surface area contributed by atoms with Crippen LogP contribution in [0.3, 0.4) is 0 Å². The molecule has 4 rings (SSSR count). The Labute approximate surface area is 179 Å². The fraction of sp³-hybridized carbons (Fsp3) is 0.667. The van der Waals surface area contributed by atoms with E-state index in [1.165, 1.54) is 28.6 Å². The number of amides is 1. The molecule has 0 aromatic carbocycles. The normalized spacial score (nSPS) is 17.1. The number of aromatic nitrogens is 2. The average Bonchev–Trinajstić information content (AvgIpc) is 3.10. The first-order chi connectivity index (χ1) is 14.0. The standard InChI is InChI=1S/C21H29N3O3S2/c1-14(2)7-8-24-20(26)18-15-5-3-4-6-16(15)29-19(18)22-21(24)28-13-17(25)23-9-11-27-12-10-23/h14H,3-13H2,1-2H3. The minimum absolute atomic E-state index is 0.0800. The number of thioether (sulfide) groups is 1. The molecule has 0 atom stereocenters. The van der Waals surface area contributed by atoms with Crippen LogP contribution in [0.15, 0.2) is 9.95 Å². The zero-order valence-corrected chi connectivity index (χ0v) is 18.9. The van der Waals surface area contributed by atoms with E-state index in [0.29, 0.717) is 49.7 Å². The summed E-state index contributed by atoms with van der Waals surface area (Å²) in [5, 5.41) is 1.51. The molecule has 3 heterocycles. The maximum absolute atomic E-state index is 13.4. The number of fused-ring (bicyclic) bond motifs is 3. The van der Waals surface area contributed by atoms with Gasteiger partial charge in [-0.15, -0.1) is 11.3 Å². The number of rotatable bonds is 6. The number of thiophene rings is 1. The van der Waals surface area contributed by atoms with Crippen molar-refractivity contribution in [2.75, 3.05) is 32.1 Å². The molecule has 0 unspecified atom stereocenters. The second-order valence-corrected chi connectivity index (χ2v) is 10.2. The van der Waals surface area contributed by atoms with Gasteiger partial charge in [0.25, 0.3) is 5.56 Å². The van der Waals surface area contributed by atoms with Gasteiger partial charge in [-0.3, -0.25) is 14.2 Å². The van der Waals surface area contributed by atoms with E-state index < -0.39 is 0 Å². The largest absolute Gasteiger partial charge is 0.378 e. The zero-order chi connectivity index (χ0) is 20.4. The summed E-state index contributed by atoms with van der Waals surface area (Å²) in [4.78, 5) is 34.9. The van der Waals surface area contributed by atoms with Crippen molar-refractivity contribution < 1.29 is 9.53 Å². The first-order valence-electron chi connectivity index (χ1n) is 10.6. The Morgan fingerprint density at radius 2 is 2.00 bits per heavy atom. The second-order valence-electron chi connectivity index (χ2n) is 8.21. The smallest absolute Gasteiger partial charge is 0.263 e. The molecule has 0 N–H and O–H groups in total. The Morgan fingerprint density at radius 3 is 2.76 bits per heavy atom. The summed E-state index contributed by atoms with van der Waals surface area (Å²) in [6.45, 7) is 7.46. The van der Waals surface area contributed by atoms with Gasteiger partial charge < -0.3 is 9.64 Å². The van der Waals surface area contributed by atoms with Crippen molar-refractivity contribution in [3.63, 3.8) is 0 Å². The highest BCUT2D eigenvalue weighted by Crippen LogP contribution is 2.34. The molecule has 2 aliphatic rings. The summed E-state index contributed by atoms with van der Waals surface area (Å²) in [6.07, 6.45) is 5.30. The first-order valence-corrected chi connectivity index (χ1v) is 12.4. The summed E-state index contributed by atoms with van der Waals surface area (Å²) < 4.78 is 7.15. The molecule has 29 heavy (non-hydrogen) atoms. The van der Waals surface area contributed by atoms with Crippen LogP contribution in [0.1, 0.15) is 43.6 Å². The predicted molar refractivity (Wildman–Crippen MR) is 118 cm³/mol. The van der Waals surface area contributed by atoms with Gasteiger partial charge in [0.1, 0.15) is 4.83 Å². The van der Waals surface area contributed by atoms with Crippen LogP contribution >= 0.6 is 23.1 Å². The van der Waals surface area contributed by atoms with Gasteiger partial charge >= 0.3 is 0 Å². The number of carbonyl (C=O) groups is 1. The van der Waals surface area contributed by atoms with Crippen LogP contribution < -0.4 is 5.56 Å². The van der Waals surface area contributed by atoms with Crippen molar-refractivity contribution in [1.82, 2.24) is 14.5 Å². The molecule has 1 aliphatic carbocycles. The Morgan fingerprint density at radius 1 is 1.24 bits per heavy atom. The van der Waals surface area contributed by atoms with Gasteiger partial charge in [-0.2, -0.15) is 0 Å². The number of aryl methyl sites for hydroxylation is 2. The third kappa shape index (κ3) is 4.54. The van der Waals surface area contributed by atoms with Crippen LogP contribution in [0.2, 0.25) is 0 Å². The van der Waals surface area contributed by atoms with Gasteiger partial charge in [0.2, 0.25) is 5.91 Å². The molecule has 2 aromatic rings. The summed E-state index contributed by atoms with van der Waals surface area (Å²) in [6, 6.07) is 0. The molecule has 0 spiro atoms. The van der Waals surface area contributed by atoms with Crippen LogP contribution in [0.4, 0.5) is 0 Å². The van der Waals surface area contributed by atoms with Crippen LogP contribution in [0, 0.1) is 5.92 Å². The molecule has 1 amide bonds. The molecule has 8 heteroatoms. The van der Waals surface area contributed by atoms with Gasteiger partial charge in [-0.1, -0.05) is 25.6 Å². The highest BCUT2D eigenvalue weighted by Gasteiger charge is 2.23. The van der Waals surface area contributed by atoms with Crippen LogP contribution in [-0.2, 0) is 28.9 Å². The van der Waals surface area contributed by atoms with E-state index in [0.717, 1.165) is 35.9 Å². The Balaban J connectivity index is 1.64. The Bertz CT molecular complexity index is 945. The highest BCUT2D eigenvalue weighted by molar-refractivity contribution is 7.99. The van der Waals surface area contributed by atoms with E-state index in [4.69, 9.17) is 9.72 Å². The third-order valence-corrected chi connectivity index (χ3v) is 7.81. The molecule has 2 aromatic heterocycles. The number of hydrogen-bond donors (Lipinski definition) is 0. The lowest BCUT2D eigenvalue weighted by molar-refractivity contribution is -0.132. The van der Waals surface area contributed by atoms with E-state index in [9.17, 15) is 9.59 Å². The average molecular weight is 436 g/mol. The zero-order valence-electron chi connectivity index (χ0n) is 17.2. The van der Waals surface area contributed by atoms with Crippen molar-refractivity contribution in [3.05, 3.63) is 20.8 Å². The third-order valence-electron chi connectivity index (χ3n) is 5.66. The van der Waals surface area contributed by atoms with Crippen molar-refractivity contribution in [2.45, 2.75) is 57.7 Å². The van der Waals surface area contributed by atoms with E-state index >= 15 is 0 Å². The monoisotopic (exact) mass is 435 g/mol. The number of hydrogen-bond acceptors (Lipinski definition) is 6. The lowest BCUT2D eigenvalue weighted by Crippen LogP contribution is -2.41. The lowest BCUT2D eigenvalue weighted by Gasteiger charge is -2.26. The molecule has 1 aliphatic heterocycles. The summed E-state index contributed by atoms with van der Waals surface area (Å²) in [5.41, 5.74) is 1.31. The predicted octanol–water partition coefficient (Wildman–Crippen LogP) is 3.33. The van der Waals surface area contributed by atoms with Gasteiger partial charge in [-0.25, -0.2) is 4.98 Å². The van der Waals surface area contributed by atoms with Crippen LogP contribution in [0.5, 0.6) is 0 Å².